The third-order valence-electron chi connectivity index (χ3n) is 11.2. The van der Waals surface area contributed by atoms with Gasteiger partial charge in [0.25, 0.3) is 0 Å². The Balaban J connectivity index is 0.993. The summed E-state index contributed by atoms with van der Waals surface area (Å²) in [7, 11) is 0. The van der Waals surface area contributed by atoms with E-state index in [-0.39, 0.29) is 0 Å². The number of aromatic nitrogens is 2. The molecule has 5 aromatic carbocycles. The van der Waals surface area contributed by atoms with Gasteiger partial charge in [-0.15, -0.1) is 0 Å². The maximum Gasteiger partial charge on any atom is 0.227 e. The van der Waals surface area contributed by atoms with E-state index < -0.39 is 0 Å². The lowest BCUT2D eigenvalue weighted by atomic mass is 9.99. The second-order valence-corrected chi connectivity index (χ2v) is 15.4. The molecule has 0 bridgehead atoms. The summed E-state index contributed by atoms with van der Waals surface area (Å²) < 4.78 is 25.0. The van der Waals surface area contributed by atoms with Gasteiger partial charge in [0.05, 0.1) is 13.2 Å². The minimum absolute atomic E-state index is 0.572. The van der Waals surface area contributed by atoms with Crippen LogP contribution in [0.3, 0.4) is 0 Å². The lowest BCUT2D eigenvalue weighted by Gasteiger charge is -2.16. The number of benzene rings is 5. The van der Waals surface area contributed by atoms with Gasteiger partial charge < -0.3 is 18.3 Å². The Labute approximate surface area is 332 Å². The highest BCUT2D eigenvalue weighted by molar-refractivity contribution is 5.81. The molecular formula is C50H56N2O4. The number of nitrogens with zero attached hydrogens (tertiary/aromatic N) is 2. The molecule has 6 heteroatoms. The molecule has 0 amide bonds. The first-order valence-corrected chi connectivity index (χ1v) is 20.7. The fourth-order valence-corrected chi connectivity index (χ4v) is 7.35. The van der Waals surface area contributed by atoms with Gasteiger partial charge in [-0.05, 0) is 108 Å². The van der Waals surface area contributed by atoms with E-state index in [4.69, 9.17) is 28.3 Å². The van der Waals surface area contributed by atoms with E-state index in [2.05, 4.69) is 126 Å². The number of ether oxygens (including phenoxy) is 2. The van der Waals surface area contributed by atoms with Crippen LogP contribution >= 0.6 is 0 Å². The van der Waals surface area contributed by atoms with Crippen LogP contribution in [-0.2, 0) is 0 Å². The van der Waals surface area contributed by atoms with Crippen molar-refractivity contribution >= 4 is 22.2 Å². The Morgan fingerprint density at radius 3 is 1.14 bits per heavy atom. The van der Waals surface area contributed by atoms with Crippen LogP contribution in [0.15, 0.2) is 106 Å². The summed E-state index contributed by atoms with van der Waals surface area (Å²) >= 11 is 0. The van der Waals surface area contributed by atoms with E-state index in [0.717, 1.165) is 104 Å². The van der Waals surface area contributed by atoms with Crippen LogP contribution in [0.5, 0.6) is 11.5 Å². The van der Waals surface area contributed by atoms with Gasteiger partial charge in [0, 0.05) is 23.3 Å². The smallest absolute Gasteiger partial charge is 0.227 e. The van der Waals surface area contributed by atoms with E-state index in [9.17, 15) is 0 Å². The third-order valence-corrected chi connectivity index (χ3v) is 11.2. The molecule has 2 heterocycles. The van der Waals surface area contributed by atoms with Crippen molar-refractivity contribution in [1.29, 1.82) is 0 Å². The van der Waals surface area contributed by atoms with Gasteiger partial charge >= 0.3 is 0 Å². The predicted molar refractivity (Wildman–Crippen MR) is 230 cm³/mol. The second kappa shape index (κ2) is 18.1. The Bertz CT molecular complexity index is 2170. The van der Waals surface area contributed by atoms with Gasteiger partial charge in [-0.2, -0.15) is 0 Å². The van der Waals surface area contributed by atoms with Gasteiger partial charge in [0.2, 0.25) is 11.8 Å². The van der Waals surface area contributed by atoms with Crippen LogP contribution in [-0.4, -0.2) is 23.2 Å². The van der Waals surface area contributed by atoms with Crippen molar-refractivity contribution in [2.45, 2.75) is 92.9 Å². The molecule has 0 radical (unpaired) electrons. The fourth-order valence-electron chi connectivity index (χ4n) is 7.35. The van der Waals surface area contributed by atoms with Crippen LogP contribution < -0.4 is 9.47 Å². The lowest BCUT2D eigenvalue weighted by molar-refractivity contribution is 0.232. The average molecular weight is 749 g/mol. The van der Waals surface area contributed by atoms with Gasteiger partial charge in [-0.25, -0.2) is 9.97 Å². The SMILES string of the molecule is CCCCC(CC)COc1cc2oc(-c3ccc(-c4ccc(-c5ccc(-c6nc7cc(C)c(OCC(CC)CCCC)cc7o6)cc5)cc4)cc3)nc2cc1C. The summed E-state index contributed by atoms with van der Waals surface area (Å²) in [6, 6.07) is 33.6. The van der Waals surface area contributed by atoms with Crippen molar-refractivity contribution in [2.75, 3.05) is 13.2 Å². The van der Waals surface area contributed by atoms with Crippen LogP contribution in [0.1, 0.15) is 90.2 Å². The number of hydrogen-bond donors (Lipinski definition) is 0. The van der Waals surface area contributed by atoms with Crippen molar-refractivity contribution in [3.05, 3.63) is 108 Å². The zero-order chi connectivity index (χ0) is 39.0. The normalized spacial score (nSPS) is 12.7. The largest absolute Gasteiger partial charge is 0.493 e. The zero-order valence-corrected chi connectivity index (χ0v) is 34.0. The summed E-state index contributed by atoms with van der Waals surface area (Å²) in [5, 5.41) is 0. The molecule has 0 fully saturated rings. The molecule has 0 aliphatic carbocycles. The van der Waals surface area contributed by atoms with Crippen molar-refractivity contribution in [2.24, 2.45) is 11.8 Å². The molecule has 0 aliphatic heterocycles. The molecule has 290 valence electrons. The van der Waals surface area contributed by atoms with Gasteiger partial charge in [-0.3, -0.25) is 0 Å². The standard InChI is InChI=1S/C50H56N2O4/c1-7-11-13-35(9-3)31-53-45-29-47-43(27-33(45)5)51-49(55-47)41-23-19-39(20-24-41)37-15-17-38(18-16-37)40-21-25-42(26-22-40)50-52-44-28-34(6)46(30-48(44)56-50)54-32-36(10-4)14-12-8-2/h15-30,35-36H,7-14,31-32H2,1-6H3. The topological polar surface area (TPSA) is 70.5 Å². The first kappa shape index (κ1) is 38.9. The monoisotopic (exact) mass is 748 g/mol. The third kappa shape index (κ3) is 9.02. The molecular weight excluding hydrogens is 693 g/mol. The van der Waals surface area contributed by atoms with Gasteiger partial charge in [0.15, 0.2) is 11.2 Å². The van der Waals surface area contributed by atoms with Crippen LogP contribution in [0.4, 0.5) is 0 Å². The summed E-state index contributed by atoms with van der Waals surface area (Å²) in [4.78, 5) is 9.63. The number of hydrogen-bond acceptors (Lipinski definition) is 6. The maximum atomic E-state index is 6.28. The lowest BCUT2D eigenvalue weighted by Crippen LogP contribution is -2.11. The van der Waals surface area contributed by atoms with E-state index in [1.807, 2.05) is 12.1 Å². The summed E-state index contributed by atoms with van der Waals surface area (Å²) in [5.74, 6) is 4.12. The molecule has 0 spiro atoms. The number of fused-ring (bicyclic) bond motifs is 2. The molecule has 56 heavy (non-hydrogen) atoms. The van der Waals surface area contributed by atoms with Crippen molar-refractivity contribution in [3.63, 3.8) is 0 Å². The van der Waals surface area contributed by atoms with Gasteiger partial charge in [0.1, 0.15) is 22.5 Å². The zero-order valence-electron chi connectivity index (χ0n) is 34.0. The molecule has 6 nitrogen and oxygen atoms in total. The Kier molecular flexibility index (Phi) is 12.5. The molecule has 2 aromatic heterocycles. The number of oxazole rings is 2. The highest BCUT2D eigenvalue weighted by Gasteiger charge is 2.16. The van der Waals surface area contributed by atoms with Crippen LogP contribution in [0.25, 0.3) is 67.4 Å². The van der Waals surface area contributed by atoms with E-state index >= 15 is 0 Å². The first-order chi connectivity index (χ1) is 27.3. The highest BCUT2D eigenvalue weighted by atomic mass is 16.5. The molecule has 2 unspecified atom stereocenters. The van der Waals surface area contributed by atoms with Crippen molar-refractivity contribution < 1.29 is 18.3 Å². The Hall–Kier alpha value is -5.36. The molecule has 0 saturated heterocycles. The molecule has 2 atom stereocenters. The number of rotatable bonds is 18. The molecule has 0 N–H and O–H groups in total. The van der Waals surface area contributed by atoms with Crippen molar-refractivity contribution in [1.82, 2.24) is 9.97 Å². The maximum absolute atomic E-state index is 6.28. The van der Waals surface area contributed by atoms with Gasteiger partial charge in [-0.1, -0.05) is 115 Å². The predicted octanol–water partition coefficient (Wildman–Crippen LogP) is 14.4. The minimum atomic E-state index is 0.572. The fraction of sp³-hybridized carbons (Fsp3) is 0.360. The summed E-state index contributed by atoms with van der Waals surface area (Å²) in [5.41, 5.74) is 11.8. The summed E-state index contributed by atoms with van der Waals surface area (Å²) in [6.45, 7) is 14.6. The minimum Gasteiger partial charge on any atom is -0.493 e. The Morgan fingerprint density at radius 2 is 0.821 bits per heavy atom. The van der Waals surface area contributed by atoms with E-state index in [0.29, 0.717) is 23.6 Å². The van der Waals surface area contributed by atoms with Crippen LogP contribution in [0.2, 0.25) is 0 Å². The second-order valence-electron chi connectivity index (χ2n) is 15.4. The average Bonchev–Trinajstić information content (AvgIpc) is 3.84. The van der Waals surface area contributed by atoms with E-state index in [1.165, 1.54) is 38.5 Å². The number of unbranched alkanes of at least 4 members (excludes halogenated alkanes) is 2. The molecule has 7 aromatic rings. The van der Waals surface area contributed by atoms with Crippen molar-refractivity contribution in [3.8, 4) is 56.7 Å². The highest BCUT2D eigenvalue weighted by Crippen LogP contribution is 2.34. The molecule has 0 aliphatic rings. The number of aryl methyl sites for hydroxylation is 2. The first-order valence-electron chi connectivity index (χ1n) is 20.7. The van der Waals surface area contributed by atoms with Crippen LogP contribution in [0, 0.1) is 25.7 Å². The molecule has 0 saturated carbocycles. The summed E-state index contributed by atoms with van der Waals surface area (Å²) in [6.07, 6.45) is 9.57. The van der Waals surface area contributed by atoms with E-state index in [1.54, 1.807) is 0 Å². The Morgan fingerprint density at radius 1 is 0.482 bits per heavy atom. The quantitative estimate of drug-likeness (QED) is 0.0870. The molecule has 7 rings (SSSR count).